The van der Waals surface area contributed by atoms with Gasteiger partial charge < -0.3 is 4.74 Å². The molecule has 0 N–H and O–H groups in total. The maximum atomic E-state index is 13.4. The van der Waals surface area contributed by atoms with Gasteiger partial charge in [0.2, 0.25) is 11.8 Å². The minimum absolute atomic E-state index is 0.129. The van der Waals surface area contributed by atoms with Crippen LogP contribution in [0.2, 0.25) is 10.0 Å². The Kier molecular flexibility index (Phi) is 4.11. The second-order valence-corrected chi connectivity index (χ2v) is 9.49. The van der Waals surface area contributed by atoms with Crippen LogP contribution in [0.5, 0.6) is 5.75 Å². The molecule has 6 atom stereocenters. The van der Waals surface area contributed by atoms with Crippen LogP contribution in [0.1, 0.15) is 16.8 Å². The Balaban J connectivity index is 1.33. The summed E-state index contributed by atoms with van der Waals surface area (Å²) in [7, 11) is 0. The average molecular weight is 454 g/mol. The zero-order chi connectivity index (χ0) is 21.4. The number of imide groups is 1. The summed E-state index contributed by atoms with van der Waals surface area (Å²) in [5, 5.41) is 0.565. The Hall–Kier alpha value is -2.63. The van der Waals surface area contributed by atoms with Gasteiger partial charge in [-0.15, -0.1) is 0 Å². The van der Waals surface area contributed by atoms with Crippen LogP contribution in [0.4, 0.5) is 5.69 Å². The minimum atomic E-state index is -0.686. The number of rotatable bonds is 3. The molecule has 0 spiro atoms. The maximum Gasteiger partial charge on any atom is 0.345 e. The summed E-state index contributed by atoms with van der Waals surface area (Å²) < 4.78 is 5.59. The molecule has 7 heteroatoms. The Morgan fingerprint density at radius 3 is 2.23 bits per heavy atom. The van der Waals surface area contributed by atoms with Crippen molar-refractivity contribution in [1.29, 1.82) is 0 Å². The molecule has 2 saturated carbocycles. The number of ether oxygens (including phenoxy) is 1. The Morgan fingerprint density at radius 2 is 1.58 bits per heavy atom. The van der Waals surface area contributed by atoms with Crippen LogP contribution in [0, 0.1) is 35.5 Å². The summed E-state index contributed by atoms with van der Waals surface area (Å²) in [5.74, 6) is -0.283. The highest BCUT2D eigenvalue weighted by molar-refractivity contribution is 6.36. The number of benzene rings is 2. The number of esters is 1. The topological polar surface area (TPSA) is 63.7 Å². The lowest BCUT2D eigenvalue weighted by Gasteiger charge is -2.37. The molecule has 1 saturated heterocycles. The van der Waals surface area contributed by atoms with Crippen LogP contribution in [0.3, 0.4) is 0 Å². The van der Waals surface area contributed by atoms with Crippen LogP contribution in [0.15, 0.2) is 54.6 Å². The van der Waals surface area contributed by atoms with Crippen molar-refractivity contribution in [3.8, 4) is 5.75 Å². The molecule has 0 unspecified atom stereocenters. The van der Waals surface area contributed by atoms with Gasteiger partial charge in [-0.05, 0) is 60.4 Å². The number of carbonyl (C=O) groups excluding carboxylic acids is 3. The summed E-state index contributed by atoms with van der Waals surface area (Å²) in [6.45, 7) is 0. The summed E-state index contributed by atoms with van der Waals surface area (Å²) in [5.41, 5.74) is 0.439. The van der Waals surface area contributed by atoms with Crippen LogP contribution in [-0.4, -0.2) is 17.8 Å². The second-order valence-electron chi connectivity index (χ2n) is 8.65. The number of para-hydroxylation sites is 2. The second kappa shape index (κ2) is 6.68. The van der Waals surface area contributed by atoms with E-state index in [1.54, 1.807) is 30.3 Å². The molecule has 1 heterocycles. The van der Waals surface area contributed by atoms with E-state index in [-0.39, 0.29) is 51.8 Å². The van der Waals surface area contributed by atoms with Crippen LogP contribution >= 0.6 is 23.2 Å². The molecule has 3 fully saturated rings. The van der Waals surface area contributed by atoms with Crippen LogP contribution in [-0.2, 0) is 9.59 Å². The van der Waals surface area contributed by atoms with E-state index in [2.05, 4.69) is 12.2 Å². The fourth-order valence-electron chi connectivity index (χ4n) is 5.73. The molecule has 2 bridgehead atoms. The minimum Gasteiger partial charge on any atom is -0.421 e. The first kappa shape index (κ1) is 19.1. The summed E-state index contributed by atoms with van der Waals surface area (Å²) in [6.07, 6.45) is 5.36. The van der Waals surface area contributed by atoms with Gasteiger partial charge in [0.1, 0.15) is 0 Å². The lowest BCUT2D eigenvalue weighted by molar-refractivity contribution is -0.124. The zero-order valence-corrected chi connectivity index (χ0v) is 17.7. The van der Waals surface area contributed by atoms with E-state index in [0.717, 1.165) is 6.42 Å². The molecular formula is C24H17Cl2NO4. The molecular weight excluding hydrogens is 437 g/mol. The lowest BCUT2D eigenvalue weighted by atomic mass is 9.63. The number of nitrogens with zero attached hydrogens (tertiary/aromatic N) is 1. The summed E-state index contributed by atoms with van der Waals surface area (Å²) in [6, 6.07) is 11.1. The quantitative estimate of drug-likeness (QED) is 0.290. The van der Waals surface area contributed by atoms with Crippen molar-refractivity contribution in [2.24, 2.45) is 35.5 Å². The standard InChI is InChI=1S/C24H17Cl2NO4/c25-11-5-6-14(17(26)9-11)24(30)31-19-4-2-1-3-18(19)27-22(28)20-12-7-8-13(16-10-15(12)16)21(20)23(27)29/h1-9,12-13,15-16,20-21H,10H2/t12-,13+,15-,16-,20+,21-/m1/s1. The maximum absolute atomic E-state index is 13.4. The lowest BCUT2D eigenvalue weighted by Crippen LogP contribution is -2.40. The van der Waals surface area contributed by atoms with E-state index in [0.29, 0.717) is 22.5 Å². The Morgan fingerprint density at radius 1 is 0.935 bits per heavy atom. The number of carbonyl (C=O) groups is 3. The Bertz CT molecular complexity index is 1160. The molecule has 5 aliphatic rings. The predicted molar refractivity (Wildman–Crippen MR) is 115 cm³/mol. The monoisotopic (exact) mass is 453 g/mol. The average Bonchev–Trinajstić information content (AvgIpc) is 3.52. The normalized spacial score (nSPS) is 32.1. The Labute approximate surface area is 188 Å². The smallest absolute Gasteiger partial charge is 0.345 e. The van der Waals surface area contributed by atoms with Gasteiger partial charge >= 0.3 is 5.97 Å². The number of allylic oxidation sites excluding steroid dienone is 2. The molecule has 0 radical (unpaired) electrons. The van der Waals surface area contributed by atoms with Crippen molar-refractivity contribution in [3.63, 3.8) is 0 Å². The SMILES string of the molecule is O=C(Oc1ccccc1N1C(=O)[C@@H]2[C@H]3C=C[C@H]([C@H]4C[C@H]34)[C@@H]2C1=O)c1ccc(Cl)cc1Cl. The largest absolute Gasteiger partial charge is 0.421 e. The van der Waals surface area contributed by atoms with Gasteiger partial charge in [0.15, 0.2) is 5.75 Å². The number of hydrogen-bond acceptors (Lipinski definition) is 4. The fourth-order valence-corrected chi connectivity index (χ4v) is 6.22. The molecule has 4 aliphatic carbocycles. The molecule has 7 rings (SSSR count). The van der Waals surface area contributed by atoms with Gasteiger partial charge in [-0.2, -0.15) is 0 Å². The first-order chi connectivity index (χ1) is 15.0. The van der Waals surface area contributed by atoms with Gasteiger partial charge in [-0.1, -0.05) is 47.5 Å². The zero-order valence-electron chi connectivity index (χ0n) is 16.2. The van der Waals surface area contributed by atoms with Crippen LogP contribution < -0.4 is 9.64 Å². The van der Waals surface area contributed by atoms with Crippen molar-refractivity contribution in [1.82, 2.24) is 0 Å². The molecule has 2 aromatic rings. The summed E-state index contributed by atoms with van der Waals surface area (Å²) >= 11 is 12.0. The van der Waals surface area contributed by atoms with Gasteiger partial charge in [0.25, 0.3) is 0 Å². The van der Waals surface area contributed by atoms with Crippen molar-refractivity contribution >= 4 is 46.7 Å². The number of amides is 2. The summed E-state index contributed by atoms with van der Waals surface area (Å²) in [4.78, 5) is 40.8. The predicted octanol–water partition coefficient (Wildman–Crippen LogP) is 4.77. The number of anilines is 1. The highest BCUT2D eigenvalue weighted by Gasteiger charge is 2.67. The van der Waals surface area contributed by atoms with Gasteiger partial charge in [0, 0.05) is 5.02 Å². The van der Waals surface area contributed by atoms with Crippen LogP contribution in [0.25, 0.3) is 0 Å². The van der Waals surface area contributed by atoms with Crippen molar-refractivity contribution in [2.45, 2.75) is 6.42 Å². The third kappa shape index (κ3) is 2.73. The molecule has 1 aliphatic heterocycles. The number of hydrogen-bond donors (Lipinski definition) is 0. The first-order valence-corrected chi connectivity index (χ1v) is 11.0. The van der Waals surface area contributed by atoms with E-state index in [4.69, 9.17) is 27.9 Å². The van der Waals surface area contributed by atoms with E-state index in [1.165, 1.54) is 17.0 Å². The van der Waals surface area contributed by atoms with Gasteiger partial charge in [0.05, 0.1) is 28.1 Å². The highest BCUT2D eigenvalue weighted by Crippen LogP contribution is 2.65. The molecule has 0 aromatic heterocycles. The third-order valence-corrected chi connectivity index (χ3v) is 7.67. The van der Waals surface area contributed by atoms with Crippen molar-refractivity contribution in [2.75, 3.05) is 4.90 Å². The van der Waals surface area contributed by atoms with Gasteiger partial charge in [-0.25, -0.2) is 9.69 Å². The molecule has 156 valence electrons. The van der Waals surface area contributed by atoms with E-state index < -0.39 is 5.97 Å². The van der Waals surface area contributed by atoms with E-state index in [9.17, 15) is 14.4 Å². The van der Waals surface area contributed by atoms with Crippen molar-refractivity contribution in [3.05, 3.63) is 70.2 Å². The first-order valence-electron chi connectivity index (χ1n) is 10.3. The fraction of sp³-hybridized carbons (Fsp3) is 0.292. The molecule has 2 aromatic carbocycles. The number of halogens is 2. The molecule has 2 amide bonds. The van der Waals surface area contributed by atoms with Crippen molar-refractivity contribution < 1.29 is 19.1 Å². The molecule has 31 heavy (non-hydrogen) atoms. The van der Waals surface area contributed by atoms with E-state index >= 15 is 0 Å². The highest BCUT2D eigenvalue weighted by atomic mass is 35.5. The third-order valence-electron chi connectivity index (χ3n) is 7.12. The van der Waals surface area contributed by atoms with E-state index in [1.807, 2.05) is 0 Å². The molecule has 5 nitrogen and oxygen atoms in total. The van der Waals surface area contributed by atoms with Gasteiger partial charge in [-0.3, -0.25) is 9.59 Å².